The van der Waals surface area contributed by atoms with Crippen LogP contribution in [0.3, 0.4) is 0 Å². The Morgan fingerprint density at radius 3 is 2.39 bits per heavy atom. The van der Waals surface area contributed by atoms with E-state index < -0.39 is 22.1 Å². The van der Waals surface area contributed by atoms with Gasteiger partial charge in [0.1, 0.15) is 6.61 Å². The number of hydrogen-bond donors (Lipinski definition) is 3. The average molecular weight is 404 g/mol. The summed E-state index contributed by atoms with van der Waals surface area (Å²) in [6.45, 7) is 2.34. The summed E-state index contributed by atoms with van der Waals surface area (Å²) >= 11 is 0. The van der Waals surface area contributed by atoms with Crippen LogP contribution in [0, 0.1) is 0 Å². The highest BCUT2D eigenvalue weighted by molar-refractivity contribution is 7.92. The molecule has 2 aromatic carbocycles. The number of hydrogen-bond acceptors (Lipinski definition) is 5. The van der Waals surface area contributed by atoms with Gasteiger partial charge in [-0.1, -0.05) is 6.07 Å². The minimum atomic E-state index is -3.35. The van der Waals surface area contributed by atoms with Crippen LogP contribution >= 0.6 is 0 Å². The van der Waals surface area contributed by atoms with E-state index in [0.717, 1.165) is 0 Å². The van der Waals surface area contributed by atoms with Crippen molar-refractivity contribution in [3.05, 3.63) is 48.5 Å². The van der Waals surface area contributed by atoms with E-state index in [9.17, 15) is 18.0 Å². The molecular weight excluding hydrogens is 384 g/mol. The molecular formula is C18H20N4O5S. The Balaban J connectivity index is 1.60. The lowest BCUT2D eigenvalue weighted by molar-refractivity contribution is 0.181. The first-order valence-corrected chi connectivity index (χ1v) is 10.2. The maximum atomic E-state index is 12.2. The molecule has 0 aliphatic carbocycles. The van der Waals surface area contributed by atoms with E-state index in [1.54, 1.807) is 55.5 Å². The summed E-state index contributed by atoms with van der Waals surface area (Å²) < 4.78 is 30.4. The van der Waals surface area contributed by atoms with Gasteiger partial charge in [-0.05, 0) is 49.4 Å². The highest BCUT2D eigenvalue weighted by Crippen LogP contribution is 2.22. The number of rotatable bonds is 6. The Morgan fingerprint density at radius 2 is 1.75 bits per heavy atom. The zero-order valence-electron chi connectivity index (χ0n) is 15.1. The first-order chi connectivity index (χ1) is 13.4. The predicted molar refractivity (Wildman–Crippen MR) is 107 cm³/mol. The third-order valence-corrected chi connectivity index (χ3v) is 5.28. The maximum Gasteiger partial charge on any atom is 0.414 e. The molecule has 2 aromatic rings. The molecule has 0 aromatic heterocycles. The monoisotopic (exact) mass is 404 g/mol. The van der Waals surface area contributed by atoms with Gasteiger partial charge in [-0.15, -0.1) is 0 Å². The standard InChI is InChI=1S/C18H20N4O5S/c1-2-28(25,26)21-14-8-6-13(7-9-14)19-17(23)20-15-4-3-5-16(12-15)22-10-11-27-18(22)24/h3-9,12,21H,2,10-11H2,1H3,(H2,19,20,23). The Morgan fingerprint density at radius 1 is 1.07 bits per heavy atom. The molecule has 0 bridgehead atoms. The first kappa shape index (κ1) is 19.5. The first-order valence-electron chi connectivity index (χ1n) is 8.59. The van der Waals surface area contributed by atoms with Gasteiger partial charge in [-0.2, -0.15) is 0 Å². The topological polar surface area (TPSA) is 117 Å². The van der Waals surface area contributed by atoms with Gasteiger partial charge in [-0.3, -0.25) is 9.62 Å². The van der Waals surface area contributed by atoms with Crippen LogP contribution in [0.2, 0.25) is 0 Å². The van der Waals surface area contributed by atoms with Gasteiger partial charge in [0.15, 0.2) is 0 Å². The Kier molecular flexibility index (Phi) is 5.69. The quantitative estimate of drug-likeness (QED) is 0.684. The smallest absolute Gasteiger partial charge is 0.414 e. The number of cyclic esters (lactones) is 1. The van der Waals surface area contributed by atoms with E-state index in [1.807, 2.05) is 0 Å². The summed E-state index contributed by atoms with van der Waals surface area (Å²) in [5.41, 5.74) is 2.06. The normalized spacial score (nSPS) is 13.8. The van der Waals surface area contributed by atoms with Crippen molar-refractivity contribution >= 4 is 44.9 Å². The second kappa shape index (κ2) is 8.17. The molecule has 1 aliphatic rings. The lowest BCUT2D eigenvalue weighted by atomic mass is 10.2. The van der Waals surface area contributed by atoms with Crippen LogP contribution in [-0.2, 0) is 14.8 Å². The SMILES string of the molecule is CCS(=O)(=O)Nc1ccc(NC(=O)Nc2cccc(N3CCOC3=O)c2)cc1. The minimum Gasteiger partial charge on any atom is -0.447 e. The molecule has 0 unspecified atom stereocenters. The van der Waals surface area contributed by atoms with E-state index in [1.165, 1.54) is 4.90 Å². The zero-order valence-corrected chi connectivity index (χ0v) is 16.0. The number of benzene rings is 2. The van der Waals surface area contributed by atoms with Crippen LogP contribution in [0.1, 0.15) is 6.92 Å². The van der Waals surface area contributed by atoms with Gasteiger partial charge in [0.2, 0.25) is 10.0 Å². The lowest BCUT2D eigenvalue weighted by Crippen LogP contribution is -2.24. The van der Waals surface area contributed by atoms with Crippen molar-refractivity contribution in [3.8, 4) is 0 Å². The molecule has 1 saturated heterocycles. The summed E-state index contributed by atoms with van der Waals surface area (Å²) in [4.78, 5) is 25.3. The molecule has 10 heteroatoms. The van der Waals surface area contributed by atoms with Gasteiger partial charge >= 0.3 is 12.1 Å². The zero-order chi connectivity index (χ0) is 20.1. The van der Waals surface area contributed by atoms with Crippen molar-refractivity contribution in [2.24, 2.45) is 0 Å². The largest absolute Gasteiger partial charge is 0.447 e. The van der Waals surface area contributed by atoms with Crippen LogP contribution in [0.15, 0.2) is 48.5 Å². The number of carbonyl (C=O) groups excluding carboxylic acids is 2. The number of nitrogens with one attached hydrogen (secondary N) is 3. The number of amides is 3. The molecule has 1 fully saturated rings. The van der Waals surface area contributed by atoms with Gasteiger partial charge in [0, 0.05) is 22.7 Å². The fraction of sp³-hybridized carbons (Fsp3) is 0.222. The third kappa shape index (κ3) is 4.92. The number of carbonyl (C=O) groups is 2. The molecule has 148 valence electrons. The van der Waals surface area contributed by atoms with Crippen molar-refractivity contribution < 1.29 is 22.7 Å². The van der Waals surface area contributed by atoms with Crippen LogP contribution in [0.25, 0.3) is 0 Å². The summed E-state index contributed by atoms with van der Waals surface area (Å²) in [6, 6.07) is 12.7. The number of urea groups is 1. The predicted octanol–water partition coefficient (Wildman–Crippen LogP) is 3.05. The van der Waals surface area contributed by atoms with E-state index >= 15 is 0 Å². The highest BCUT2D eigenvalue weighted by atomic mass is 32.2. The number of anilines is 4. The highest BCUT2D eigenvalue weighted by Gasteiger charge is 2.23. The van der Waals surface area contributed by atoms with E-state index in [-0.39, 0.29) is 5.75 Å². The van der Waals surface area contributed by atoms with Gasteiger partial charge in [0.25, 0.3) is 0 Å². The molecule has 3 amide bonds. The Labute approximate surface area is 162 Å². The molecule has 0 spiro atoms. The molecule has 3 N–H and O–H groups in total. The minimum absolute atomic E-state index is 0.0242. The third-order valence-electron chi connectivity index (χ3n) is 3.97. The summed E-state index contributed by atoms with van der Waals surface area (Å²) in [5.74, 6) is -0.0242. The van der Waals surface area contributed by atoms with Crippen molar-refractivity contribution in [2.45, 2.75) is 6.92 Å². The second-order valence-corrected chi connectivity index (χ2v) is 7.99. The average Bonchev–Trinajstić information content (AvgIpc) is 3.09. The van der Waals surface area contributed by atoms with Crippen molar-refractivity contribution in [3.63, 3.8) is 0 Å². The van der Waals surface area contributed by atoms with E-state index in [2.05, 4.69) is 15.4 Å². The fourth-order valence-corrected chi connectivity index (χ4v) is 3.19. The molecule has 1 aliphatic heterocycles. The van der Waals surface area contributed by atoms with Crippen LogP contribution < -0.4 is 20.3 Å². The number of ether oxygens (including phenoxy) is 1. The lowest BCUT2D eigenvalue weighted by Gasteiger charge is -2.14. The maximum absolute atomic E-state index is 12.2. The molecule has 1 heterocycles. The van der Waals surface area contributed by atoms with E-state index in [4.69, 9.17) is 4.74 Å². The van der Waals surface area contributed by atoms with Crippen molar-refractivity contribution in [1.82, 2.24) is 0 Å². The van der Waals surface area contributed by atoms with Crippen LogP contribution in [-0.4, -0.2) is 39.4 Å². The molecule has 0 atom stereocenters. The van der Waals surface area contributed by atoms with Crippen LogP contribution in [0.4, 0.5) is 32.3 Å². The van der Waals surface area contributed by atoms with Crippen molar-refractivity contribution in [2.75, 3.05) is 39.2 Å². The van der Waals surface area contributed by atoms with Gasteiger partial charge in [-0.25, -0.2) is 18.0 Å². The van der Waals surface area contributed by atoms with Gasteiger partial charge < -0.3 is 15.4 Å². The summed E-state index contributed by atoms with van der Waals surface area (Å²) in [5, 5.41) is 5.35. The number of sulfonamides is 1. The molecule has 3 rings (SSSR count). The van der Waals surface area contributed by atoms with E-state index in [0.29, 0.717) is 35.9 Å². The molecule has 28 heavy (non-hydrogen) atoms. The van der Waals surface area contributed by atoms with Crippen LogP contribution in [0.5, 0.6) is 0 Å². The summed E-state index contributed by atoms with van der Waals surface area (Å²) in [6.07, 6.45) is -0.416. The van der Waals surface area contributed by atoms with Crippen molar-refractivity contribution in [1.29, 1.82) is 0 Å². The second-order valence-electron chi connectivity index (χ2n) is 5.98. The Bertz CT molecular complexity index is 976. The molecule has 0 saturated carbocycles. The van der Waals surface area contributed by atoms with Gasteiger partial charge in [0.05, 0.1) is 12.3 Å². The Hall–Kier alpha value is -3.27. The number of nitrogens with zero attached hydrogens (tertiary/aromatic N) is 1. The fourth-order valence-electron chi connectivity index (χ4n) is 2.55. The summed E-state index contributed by atoms with van der Waals surface area (Å²) in [7, 11) is -3.35. The molecule has 9 nitrogen and oxygen atoms in total. The molecule has 0 radical (unpaired) electrons.